The molecule has 1 aromatic rings. The average molecular weight is 372 g/mol. The highest BCUT2D eigenvalue weighted by Crippen LogP contribution is 2.30. The van der Waals surface area contributed by atoms with Gasteiger partial charge in [-0.05, 0) is 37.0 Å². The van der Waals surface area contributed by atoms with E-state index in [1.807, 2.05) is 6.92 Å². The van der Waals surface area contributed by atoms with Crippen molar-refractivity contribution in [3.63, 3.8) is 0 Å². The minimum Gasteiger partial charge on any atom is -0.378 e. The molecule has 0 radical (unpaired) electrons. The molecular formula is C18H23F3N2O3. The number of hydrogen-bond donors (Lipinski definition) is 2. The van der Waals surface area contributed by atoms with Gasteiger partial charge >= 0.3 is 6.18 Å². The first-order valence-corrected chi connectivity index (χ1v) is 8.65. The lowest BCUT2D eigenvalue weighted by atomic mass is 10.0. The number of likely N-dealkylation sites (tertiary alicyclic amines) is 1. The molecule has 1 aliphatic rings. The van der Waals surface area contributed by atoms with Gasteiger partial charge in [0.25, 0.3) is 5.91 Å². The molecule has 0 aliphatic carbocycles. The van der Waals surface area contributed by atoms with Gasteiger partial charge < -0.3 is 15.3 Å². The Kier molecular flexibility index (Phi) is 6.63. The summed E-state index contributed by atoms with van der Waals surface area (Å²) in [5, 5.41) is 12.8. The first-order chi connectivity index (χ1) is 12.2. The van der Waals surface area contributed by atoms with Crippen LogP contribution in [0.4, 0.5) is 13.2 Å². The number of benzene rings is 1. The standard InChI is InChI=1S/C18H23F3N2O3/c1-2-3-15(24)23-10-8-14(9-11-23)22-17(26)16(25)12-4-6-13(7-5-12)18(19,20)21/h4-7,14,16,25H,2-3,8-11H2,1H3,(H,22,26). The Morgan fingerprint density at radius 1 is 1.23 bits per heavy atom. The third kappa shape index (κ3) is 5.20. The Hall–Kier alpha value is -2.09. The molecule has 1 heterocycles. The third-order valence-electron chi connectivity index (χ3n) is 4.46. The number of nitrogens with one attached hydrogen (secondary N) is 1. The topological polar surface area (TPSA) is 69.6 Å². The number of hydrogen-bond acceptors (Lipinski definition) is 3. The Bertz CT molecular complexity index is 624. The fourth-order valence-corrected chi connectivity index (χ4v) is 2.93. The van der Waals surface area contributed by atoms with Gasteiger partial charge in [0.05, 0.1) is 5.56 Å². The number of alkyl halides is 3. The van der Waals surface area contributed by atoms with Gasteiger partial charge in [-0.2, -0.15) is 13.2 Å². The van der Waals surface area contributed by atoms with Crippen LogP contribution in [0.3, 0.4) is 0 Å². The number of carbonyl (C=O) groups is 2. The highest BCUT2D eigenvalue weighted by molar-refractivity contribution is 5.82. The molecule has 1 aromatic carbocycles. The maximum absolute atomic E-state index is 12.6. The van der Waals surface area contributed by atoms with E-state index in [4.69, 9.17) is 0 Å². The van der Waals surface area contributed by atoms with E-state index < -0.39 is 23.8 Å². The number of piperidine rings is 1. The summed E-state index contributed by atoms with van der Waals surface area (Å²) in [5.41, 5.74) is -0.732. The van der Waals surface area contributed by atoms with Gasteiger partial charge in [0.2, 0.25) is 5.91 Å². The summed E-state index contributed by atoms with van der Waals surface area (Å²) < 4.78 is 37.7. The Morgan fingerprint density at radius 2 is 1.81 bits per heavy atom. The summed E-state index contributed by atoms with van der Waals surface area (Å²) >= 11 is 0. The number of carbonyl (C=O) groups excluding carboxylic acids is 2. The van der Waals surface area contributed by atoms with Gasteiger partial charge in [-0.25, -0.2) is 0 Å². The highest BCUT2D eigenvalue weighted by atomic mass is 19.4. The lowest BCUT2D eigenvalue weighted by Crippen LogP contribution is -2.47. The van der Waals surface area contributed by atoms with Crippen molar-refractivity contribution in [2.75, 3.05) is 13.1 Å². The molecule has 2 N–H and O–H groups in total. The molecule has 144 valence electrons. The van der Waals surface area contributed by atoms with Gasteiger partial charge in [-0.15, -0.1) is 0 Å². The number of nitrogens with zero attached hydrogens (tertiary/aromatic N) is 1. The fraction of sp³-hybridized carbons (Fsp3) is 0.556. The second-order valence-corrected chi connectivity index (χ2v) is 6.44. The van der Waals surface area contributed by atoms with Crippen molar-refractivity contribution < 1.29 is 27.9 Å². The summed E-state index contributed by atoms with van der Waals surface area (Å²) in [6, 6.07) is 3.70. The Morgan fingerprint density at radius 3 is 2.31 bits per heavy atom. The molecule has 1 unspecified atom stereocenters. The summed E-state index contributed by atoms with van der Waals surface area (Å²) in [7, 11) is 0. The number of rotatable bonds is 5. The largest absolute Gasteiger partial charge is 0.416 e. The molecule has 0 spiro atoms. The predicted octanol–water partition coefficient (Wildman–Crippen LogP) is 2.65. The summed E-state index contributed by atoms with van der Waals surface area (Å²) in [6.45, 7) is 3.02. The van der Waals surface area contributed by atoms with Crippen molar-refractivity contribution in [1.29, 1.82) is 0 Å². The molecule has 0 bridgehead atoms. The van der Waals surface area contributed by atoms with E-state index in [1.165, 1.54) is 0 Å². The SMILES string of the molecule is CCCC(=O)N1CCC(NC(=O)C(O)c2ccc(C(F)(F)F)cc2)CC1. The molecule has 26 heavy (non-hydrogen) atoms. The zero-order valence-electron chi connectivity index (χ0n) is 14.6. The molecule has 5 nitrogen and oxygen atoms in total. The van der Waals surface area contributed by atoms with Crippen LogP contribution in [0.15, 0.2) is 24.3 Å². The van der Waals surface area contributed by atoms with Crippen LogP contribution in [0.1, 0.15) is 49.8 Å². The summed E-state index contributed by atoms with van der Waals surface area (Å²) in [4.78, 5) is 25.7. The van der Waals surface area contributed by atoms with Crippen LogP contribution in [0.25, 0.3) is 0 Å². The van der Waals surface area contributed by atoms with Gasteiger partial charge in [0.15, 0.2) is 6.10 Å². The molecule has 2 rings (SSSR count). The minimum atomic E-state index is -4.46. The highest BCUT2D eigenvalue weighted by Gasteiger charge is 2.31. The summed E-state index contributed by atoms with van der Waals surface area (Å²) in [5.74, 6) is -0.551. The molecule has 1 aliphatic heterocycles. The molecule has 8 heteroatoms. The smallest absolute Gasteiger partial charge is 0.378 e. The number of aliphatic hydroxyl groups is 1. The van der Waals surface area contributed by atoms with Crippen molar-refractivity contribution in [3.05, 3.63) is 35.4 Å². The minimum absolute atomic E-state index is 0.0991. The monoisotopic (exact) mass is 372 g/mol. The van der Waals surface area contributed by atoms with Crippen LogP contribution < -0.4 is 5.32 Å². The van der Waals surface area contributed by atoms with Crippen molar-refractivity contribution >= 4 is 11.8 Å². The maximum atomic E-state index is 12.6. The number of halogens is 3. The van der Waals surface area contributed by atoms with E-state index in [0.717, 1.165) is 30.7 Å². The second kappa shape index (κ2) is 8.53. The number of amides is 2. The molecule has 1 fully saturated rings. The van der Waals surface area contributed by atoms with E-state index in [2.05, 4.69) is 5.32 Å². The lowest BCUT2D eigenvalue weighted by molar-refractivity contribution is -0.137. The molecule has 0 saturated carbocycles. The second-order valence-electron chi connectivity index (χ2n) is 6.44. The first kappa shape index (κ1) is 20.2. The number of aliphatic hydroxyl groups excluding tert-OH is 1. The van der Waals surface area contributed by atoms with Crippen molar-refractivity contribution in [1.82, 2.24) is 10.2 Å². The van der Waals surface area contributed by atoms with Crippen LogP contribution in [-0.4, -0.2) is 41.0 Å². The molecular weight excluding hydrogens is 349 g/mol. The van der Waals surface area contributed by atoms with E-state index >= 15 is 0 Å². The molecule has 2 amide bonds. The van der Waals surface area contributed by atoms with Crippen LogP contribution >= 0.6 is 0 Å². The quantitative estimate of drug-likeness (QED) is 0.835. The normalized spacial score (nSPS) is 17.0. The predicted molar refractivity (Wildman–Crippen MR) is 89.1 cm³/mol. The molecule has 0 aromatic heterocycles. The Balaban J connectivity index is 1.87. The fourth-order valence-electron chi connectivity index (χ4n) is 2.93. The zero-order valence-corrected chi connectivity index (χ0v) is 14.6. The Labute approximate surface area is 150 Å². The average Bonchev–Trinajstić information content (AvgIpc) is 2.61. The van der Waals surface area contributed by atoms with Crippen LogP contribution in [0.2, 0.25) is 0 Å². The van der Waals surface area contributed by atoms with Crippen molar-refractivity contribution in [3.8, 4) is 0 Å². The third-order valence-corrected chi connectivity index (χ3v) is 4.46. The van der Waals surface area contributed by atoms with Gasteiger partial charge in [0.1, 0.15) is 0 Å². The molecule has 1 saturated heterocycles. The van der Waals surface area contributed by atoms with Crippen LogP contribution in [0.5, 0.6) is 0 Å². The van der Waals surface area contributed by atoms with Crippen LogP contribution in [-0.2, 0) is 15.8 Å². The summed E-state index contributed by atoms with van der Waals surface area (Å²) in [6.07, 6.45) is -3.54. The lowest BCUT2D eigenvalue weighted by Gasteiger charge is -2.32. The first-order valence-electron chi connectivity index (χ1n) is 8.65. The van der Waals surface area contributed by atoms with E-state index in [-0.39, 0.29) is 17.5 Å². The van der Waals surface area contributed by atoms with Gasteiger partial charge in [-0.1, -0.05) is 19.1 Å². The van der Waals surface area contributed by atoms with Crippen LogP contribution in [0, 0.1) is 0 Å². The maximum Gasteiger partial charge on any atom is 0.416 e. The van der Waals surface area contributed by atoms with Crippen molar-refractivity contribution in [2.45, 2.75) is 50.9 Å². The van der Waals surface area contributed by atoms with Gasteiger partial charge in [0, 0.05) is 25.6 Å². The van der Waals surface area contributed by atoms with Gasteiger partial charge in [-0.3, -0.25) is 9.59 Å². The van der Waals surface area contributed by atoms with E-state index in [0.29, 0.717) is 32.4 Å². The molecule has 1 atom stereocenters. The zero-order chi connectivity index (χ0) is 19.3. The van der Waals surface area contributed by atoms with E-state index in [1.54, 1.807) is 4.90 Å². The van der Waals surface area contributed by atoms with Crippen molar-refractivity contribution in [2.24, 2.45) is 0 Å². The van der Waals surface area contributed by atoms with E-state index in [9.17, 15) is 27.9 Å².